The predicted molar refractivity (Wildman–Crippen MR) is 93.3 cm³/mol. The van der Waals surface area contributed by atoms with E-state index in [9.17, 15) is 4.79 Å². The zero-order valence-corrected chi connectivity index (χ0v) is 13.9. The van der Waals surface area contributed by atoms with E-state index in [1.165, 1.54) is 5.56 Å². The van der Waals surface area contributed by atoms with Gasteiger partial charge in [0.15, 0.2) is 0 Å². The van der Waals surface area contributed by atoms with Crippen molar-refractivity contribution in [3.8, 4) is 0 Å². The van der Waals surface area contributed by atoms with E-state index in [0.717, 1.165) is 18.8 Å². The first-order valence-electron chi connectivity index (χ1n) is 8.19. The Balaban J connectivity index is 1.73. The van der Waals surface area contributed by atoms with E-state index in [4.69, 9.17) is 0 Å². The first kappa shape index (κ1) is 15.8. The molecule has 3 nitrogen and oxygen atoms in total. The Morgan fingerprint density at radius 3 is 2.70 bits per heavy atom. The van der Waals surface area contributed by atoms with E-state index in [2.05, 4.69) is 67.3 Å². The minimum Gasteiger partial charge on any atom is -0.299 e. The van der Waals surface area contributed by atoms with Gasteiger partial charge < -0.3 is 0 Å². The number of carbonyl (C=O) groups excluding carboxylic acids is 1. The van der Waals surface area contributed by atoms with Crippen molar-refractivity contribution < 1.29 is 4.79 Å². The molecule has 2 aliphatic rings. The Labute approximate surface area is 138 Å². The summed E-state index contributed by atoms with van der Waals surface area (Å²) < 4.78 is 0. The highest BCUT2D eigenvalue weighted by atomic mass is 16.2. The lowest BCUT2D eigenvalue weighted by Crippen LogP contribution is -2.46. The summed E-state index contributed by atoms with van der Waals surface area (Å²) in [5.41, 5.74) is 2.30. The molecule has 1 amide bonds. The van der Waals surface area contributed by atoms with Crippen LogP contribution in [0, 0.1) is 5.41 Å². The van der Waals surface area contributed by atoms with E-state index in [1.807, 2.05) is 17.0 Å². The quantitative estimate of drug-likeness (QED) is 0.850. The van der Waals surface area contributed by atoms with E-state index in [-0.39, 0.29) is 11.3 Å². The van der Waals surface area contributed by atoms with Crippen molar-refractivity contribution in [2.45, 2.75) is 26.8 Å². The van der Waals surface area contributed by atoms with Crippen molar-refractivity contribution in [3.05, 3.63) is 72.0 Å². The van der Waals surface area contributed by atoms with Gasteiger partial charge >= 0.3 is 0 Å². The maximum atomic E-state index is 12.4. The summed E-state index contributed by atoms with van der Waals surface area (Å²) in [7, 11) is 0. The van der Waals surface area contributed by atoms with Crippen molar-refractivity contribution >= 4 is 5.91 Å². The van der Waals surface area contributed by atoms with Crippen LogP contribution in [0.3, 0.4) is 0 Å². The Bertz CT molecular complexity index is 655. The van der Waals surface area contributed by atoms with Crippen molar-refractivity contribution in [3.63, 3.8) is 0 Å². The zero-order valence-electron chi connectivity index (χ0n) is 13.9. The van der Waals surface area contributed by atoms with Crippen LogP contribution < -0.4 is 0 Å². The standard InChI is InChI=1S/C20H24N2O/c1-20(2)12-6-9-18(10-13-20)22-16-21(14-11-19(22)23)15-17-7-4-3-5-8-17/h3-10,12-13H,11,14-16H2,1-2H3. The van der Waals surface area contributed by atoms with E-state index in [0.29, 0.717) is 13.1 Å². The van der Waals surface area contributed by atoms with Gasteiger partial charge in [-0.2, -0.15) is 0 Å². The van der Waals surface area contributed by atoms with Crippen LogP contribution in [-0.2, 0) is 11.3 Å². The Morgan fingerprint density at radius 2 is 1.91 bits per heavy atom. The molecule has 1 aromatic carbocycles. The molecule has 23 heavy (non-hydrogen) atoms. The topological polar surface area (TPSA) is 23.6 Å². The molecule has 3 rings (SSSR count). The number of nitrogens with zero attached hydrogens (tertiary/aromatic N) is 2. The van der Waals surface area contributed by atoms with Crippen LogP contribution in [-0.4, -0.2) is 28.9 Å². The predicted octanol–water partition coefficient (Wildman–Crippen LogP) is 3.71. The minimum atomic E-state index is 0.0286. The second-order valence-electron chi connectivity index (χ2n) is 6.86. The van der Waals surface area contributed by atoms with Gasteiger partial charge in [-0.1, -0.05) is 62.4 Å². The first-order valence-corrected chi connectivity index (χ1v) is 8.19. The number of carbonyl (C=O) groups is 1. The summed E-state index contributed by atoms with van der Waals surface area (Å²) in [6.07, 6.45) is 11.1. The van der Waals surface area contributed by atoms with Crippen LogP contribution in [0.1, 0.15) is 25.8 Å². The minimum absolute atomic E-state index is 0.0286. The highest BCUT2D eigenvalue weighted by Gasteiger charge is 2.26. The van der Waals surface area contributed by atoms with Gasteiger partial charge in [0, 0.05) is 30.6 Å². The molecule has 0 N–H and O–H groups in total. The summed E-state index contributed by atoms with van der Waals surface area (Å²) in [6.45, 7) is 6.68. The molecule has 3 heteroatoms. The molecule has 0 spiro atoms. The number of benzene rings is 1. The molecule has 0 bridgehead atoms. The number of rotatable bonds is 3. The molecule has 1 saturated heterocycles. The van der Waals surface area contributed by atoms with Crippen molar-refractivity contribution in [1.29, 1.82) is 0 Å². The Hall–Kier alpha value is -2.13. The molecule has 1 aromatic rings. The molecule has 1 aliphatic heterocycles. The third-order valence-corrected chi connectivity index (χ3v) is 4.32. The number of allylic oxidation sites excluding steroid dienone is 5. The van der Waals surface area contributed by atoms with Crippen molar-refractivity contribution in [2.24, 2.45) is 5.41 Å². The lowest BCUT2D eigenvalue weighted by Gasteiger charge is -2.36. The number of hydrogen-bond acceptors (Lipinski definition) is 2. The fourth-order valence-electron chi connectivity index (χ4n) is 2.92. The lowest BCUT2D eigenvalue weighted by atomic mass is 9.93. The van der Waals surface area contributed by atoms with Gasteiger partial charge in [0.05, 0.1) is 6.67 Å². The first-order chi connectivity index (χ1) is 11.0. The van der Waals surface area contributed by atoms with Crippen molar-refractivity contribution in [2.75, 3.05) is 13.2 Å². The van der Waals surface area contributed by atoms with Crippen LogP contribution in [0.5, 0.6) is 0 Å². The summed E-state index contributed by atoms with van der Waals surface area (Å²) >= 11 is 0. The van der Waals surface area contributed by atoms with Gasteiger partial charge in [-0.3, -0.25) is 14.6 Å². The normalized spacial score (nSPS) is 21.2. The third-order valence-electron chi connectivity index (χ3n) is 4.32. The summed E-state index contributed by atoms with van der Waals surface area (Å²) in [6, 6.07) is 10.4. The van der Waals surface area contributed by atoms with Gasteiger partial charge in [0.2, 0.25) is 5.91 Å². The fraction of sp³-hybridized carbons (Fsp3) is 0.350. The molecule has 1 aliphatic carbocycles. The van der Waals surface area contributed by atoms with Crippen molar-refractivity contribution in [1.82, 2.24) is 9.80 Å². The molecule has 120 valence electrons. The van der Waals surface area contributed by atoms with Crippen LogP contribution in [0.4, 0.5) is 0 Å². The summed E-state index contributed by atoms with van der Waals surface area (Å²) in [5.74, 6) is 0.207. The van der Waals surface area contributed by atoms with E-state index < -0.39 is 0 Å². The molecule has 1 fully saturated rings. The van der Waals surface area contributed by atoms with Gasteiger partial charge in [-0.25, -0.2) is 0 Å². The monoisotopic (exact) mass is 308 g/mol. The smallest absolute Gasteiger partial charge is 0.229 e. The molecule has 0 unspecified atom stereocenters. The Kier molecular flexibility index (Phi) is 4.49. The van der Waals surface area contributed by atoms with Gasteiger partial charge in [0.25, 0.3) is 0 Å². The van der Waals surface area contributed by atoms with Crippen LogP contribution in [0.2, 0.25) is 0 Å². The molecule has 0 aromatic heterocycles. The van der Waals surface area contributed by atoms with Crippen LogP contribution in [0.15, 0.2) is 66.4 Å². The summed E-state index contributed by atoms with van der Waals surface area (Å²) in [4.78, 5) is 16.6. The van der Waals surface area contributed by atoms with Gasteiger partial charge in [0.1, 0.15) is 0 Å². The second-order valence-corrected chi connectivity index (χ2v) is 6.86. The fourth-order valence-corrected chi connectivity index (χ4v) is 2.92. The zero-order chi connectivity index (χ0) is 16.3. The maximum Gasteiger partial charge on any atom is 0.229 e. The average Bonchev–Trinajstić information content (AvgIpc) is 2.71. The maximum absolute atomic E-state index is 12.4. The summed E-state index contributed by atoms with van der Waals surface area (Å²) in [5, 5.41) is 0. The SMILES string of the molecule is CC1(C)C=CC=C(N2CN(Cc3ccccc3)CCC2=O)C=C1. The average molecular weight is 308 g/mol. The Morgan fingerprint density at radius 1 is 1.13 bits per heavy atom. The number of amides is 1. The van der Waals surface area contributed by atoms with Gasteiger partial charge in [-0.05, 0) is 17.7 Å². The molecule has 0 saturated carbocycles. The second kappa shape index (κ2) is 6.55. The van der Waals surface area contributed by atoms with Gasteiger partial charge in [-0.15, -0.1) is 0 Å². The molecular formula is C20H24N2O. The molecule has 1 heterocycles. The lowest BCUT2D eigenvalue weighted by molar-refractivity contribution is -0.135. The highest BCUT2D eigenvalue weighted by molar-refractivity contribution is 5.79. The molecule has 0 radical (unpaired) electrons. The largest absolute Gasteiger partial charge is 0.299 e. The van der Waals surface area contributed by atoms with E-state index in [1.54, 1.807) is 0 Å². The van der Waals surface area contributed by atoms with Crippen LogP contribution in [0.25, 0.3) is 0 Å². The highest BCUT2D eigenvalue weighted by Crippen LogP contribution is 2.25. The van der Waals surface area contributed by atoms with E-state index >= 15 is 0 Å². The molecule has 0 atom stereocenters. The van der Waals surface area contributed by atoms with Crippen LogP contribution >= 0.6 is 0 Å². The number of hydrogen-bond donors (Lipinski definition) is 0. The third kappa shape index (κ3) is 3.99. The molecular weight excluding hydrogens is 284 g/mol.